The van der Waals surface area contributed by atoms with Gasteiger partial charge in [-0.25, -0.2) is 12.8 Å². The topological polar surface area (TPSA) is 124 Å². The zero-order chi connectivity index (χ0) is 18.9. The minimum Gasteiger partial charge on any atom is -0.394 e. The van der Waals surface area contributed by atoms with Gasteiger partial charge in [-0.15, -0.1) is 0 Å². The van der Waals surface area contributed by atoms with Gasteiger partial charge in [0.25, 0.3) is 10.0 Å². The zero-order valence-electron chi connectivity index (χ0n) is 13.1. The molecule has 0 aliphatic heterocycles. The molecule has 0 radical (unpaired) electrons. The number of halogens is 2. The van der Waals surface area contributed by atoms with Gasteiger partial charge < -0.3 is 10.1 Å². The molecule has 26 heavy (non-hydrogen) atoms. The number of anilines is 1. The second kappa shape index (κ2) is 6.95. The van der Waals surface area contributed by atoms with Crippen molar-refractivity contribution in [3.8, 4) is 6.07 Å². The van der Waals surface area contributed by atoms with Crippen LogP contribution in [0.15, 0.2) is 35.6 Å². The zero-order valence-corrected chi connectivity index (χ0v) is 14.7. The van der Waals surface area contributed by atoms with Crippen LogP contribution in [0.25, 0.3) is 10.9 Å². The van der Waals surface area contributed by atoms with Crippen molar-refractivity contribution in [1.82, 2.24) is 14.8 Å². The Morgan fingerprint density at radius 1 is 1.50 bits per heavy atom. The van der Waals surface area contributed by atoms with Crippen LogP contribution in [0.4, 0.5) is 10.1 Å². The van der Waals surface area contributed by atoms with Gasteiger partial charge in [-0.2, -0.15) is 10.4 Å². The summed E-state index contributed by atoms with van der Waals surface area (Å²) in [6.45, 7) is -1.40. The lowest BCUT2D eigenvalue weighted by atomic mass is 10.1. The molecule has 8 nitrogen and oxygen atoms in total. The molecule has 1 aromatic carbocycles. The van der Waals surface area contributed by atoms with Crippen LogP contribution in [-0.2, 0) is 10.0 Å². The van der Waals surface area contributed by atoms with Gasteiger partial charge in [0, 0.05) is 17.8 Å². The molecule has 1 atom stereocenters. The Balaban J connectivity index is 1.99. The summed E-state index contributed by atoms with van der Waals surface area (Å²) in [6.07, 6.45) is 3.62. The van der Waals surface area contributed by atoms with Gasteiger partial charge in [0.1, 0.15) is 23.7 Å². The molecule has 2 aromatic heterocycles. The molecule has 0 spiro atoms. The highest BCUT2D eigenvalue weighted by Gasteiger charge is 2.21. The minimum atomic E-state index is -4.03. The van der Waals surface area contributed by atoms with Crippen molar-refractivity contribution in [3.63, 3.8) is 0 Å². The van der Waals surface area contributed by atoms with E-state index in [2.05, 4.69) is 14.8 Å². The molecule has 1 unspecified atom stereocenters. The molecule has 0 saturated carbocycles. The van der Waals surface area contributed by atoms with E-state index in [-0.39, 0.29) is 16.1 Å². The normalized spacial score (nSPS) is 12.8. The number of sulfonamides is 1. The predicted octanol–water partition coefficient (Wildman–Crippen LogP) is 2.19. The fourth-order valence-corrected chi connectivity index (χ4v) is 3.72. The van der Waals surface area contributed by atoms with Crippen molar-refractivity contribution in [2.45, 2.75) is 10.9 Å². The van der Waals surface area contributed by atoms with Crippen LogP contribution in [0.2, 0.25) is 5.02 Å². The lowest BCUT2D eigenvalue weighted by Gasteiger charge is -2.10. The first-order valence-electron chi connectivity index (χ1n) is 7.34. The Hall–Kier alpha value is -2.61. The van der Waals surface area contributed by atoms with E-state index in [9.17, 15) is 12.8 Å². The van der Waals surface area contributed by atoms with Crippen LogP contribution in [0.5, 0.6) is 0 Å². The quantitative estimate of drug-likeness (QED) is 0.588. The van der Waals surface area contributed by atoms with Crippen LogP contribution in [-0.4, -0.2) is 41.6 Å². The molecule has 11 heteroatoms. The number of nitrogens with zero attached hydrogens (tertiary/aromatic N) is 3. The third kappa shape index (κ3) is 3.12. The SMILES string of the molecule is N#Cc1c[nH]c2c(NS(=O)(=O)c3cnn(C(CO)CF)c3)ccc(Cl)c12. The molecule has 136 valence electrons. The van der Waals surface area contributed by atoms with Gasteiger partial charge in [-0.3, -0.25) is 9.40 Å². The number of aromatic amines is 1. The number of aromatic nitrogens is 3. The number of rotatable bonds is 6. The number of fused-ring (bicyclic) bond motifs is 1. The van der Waals surface area contributed by atoms with Gasteiger partial charge in [0.2, 0.25) is 0 Å². The van der Waals surface area contributed by atoms with Gasteiger partial charge >= 0.3 is 0 Å². The number of aliphatic hydroxyl groups is 1. The Labute approximate surface area is 152 Å². The van der Waals surface area contributed by atoms with Gasteiger partial charge in [0.15, 0.2) is 0 Å². The smallest absolute Gasteiger partial charge is 0.265 e. The van der Waals surface area contributed by atoms with E-state index in [4.69, 9.17) is 22.0 Å². The van der Waals surface area contributed by atoms with Crippen LogP contribution >= 0.6 is 11.6 Å². The van der Waals surface area contributed by atoms with Crippen molar-refractivity contribution < 1.29 is 17.9 Å². The van der Waals surface area contributed by atoms with Crippen LogP contribution in [0.3, 0.4) is 0 Å². The van der Waals surface area contributed by atoms with E-state index >= 15 is 0 Å². The third-order valence-electron chi connectivity index (χ3n) is 3.80. The Kier molecular flexibility index (Phi) is 4.86. The van der Waals surface area contributed by atoms with E-state index in [1.807, 2.05) is 6.07 Å². The van der Waals surface area contributed by atoms with Crippen molar-refractivity contribution in [3.05, 3.63) is 41.3 Å². The summed E-state index contributed by atoms with van der Waals surface area (Å²) < 4.78 is 41.4. The van der Waals surface area contributed by atoms with Crippen molar-refractivity contribution in [2.75, 3.05) is 18.0 Å². The Bertz CT molecular complexity index is 1100. The second-order valence-electron chi connectivity index (χ2n) is 5.41. The molecule has 0 fully saturated rings. The molecule has 0 bridgehead atoms. The van der Waals surface area contributed by atoms with Crippen molar-refractivity contribution in [1.29, 1.82) is 5.26 Å². The predicted molar refractivity (Wildman–Crippen MR) is 93.2 cm³/mol. The Morgan fingerprint density at radius 2 is 2.27 bits per heavy atom. The monoisotopic (exact) mass is 397 g/mol. The van der Waals surface area contributed by atoms with Crippen LogP contribution in [0.1, 0.15) is 11.6 Å². The average Bonchev–Trinajstić information content (AvgIpc) is 3.26. The maximum Gasteiger partial charge on any atom is 0.265 e. The van der Waals surface area contributed by atoms with Gasteiger partial charge in [-0.05, 0) is 12.1 Å². The number of benzene rings is 1. The standard InChI is InChI=1S/C15H13ClFN5O3S/c16-12-1-2-13(15-14(12)9(4-18)5-19-15)21-26(24,25)11-6-20-22(7-11)10(3-17)8-23/h1-2,5-7,10,19,21,23H,3,8H2. The highest BCUT2D eigenvalue weighted by molar-refractivity contribution is 7.92. The average molecular weight is 398 g/mol. The van der Waals surface area contributed by atoms with E-state index < -0.39 is 29.3 Å². The lowest BCUT2D eigenvalue weighted by Crippen LogP contribution is -2.16. The minimum absolute atomic E-state index is 0.195. The van der Waals surface area contributed by atoms with E-state index in [1.54, 1.807) is 0 Å². The third-order valence-corrected chi connectivity index (χ3v) is 5.44. The van der Waals surface area contributed by atoms with E-state index in [0.29, 0.717) is 15.9 Å². The first-order valence-corrected chi connectivity index (χ1v) is 9.21. The molecule has 3 N–H and O–H groups in total. The molecule has 3 rings (SSSR count). The second-order valence-corrected chi connectivity index (χ2v) is 7.50. The number of hydrogen-bond donors (Lipinski definition) is 3. The lowest BCUT2D eigenvalue weighted by molar-refractivity contribution is 0.190. The van der Waals surface area contributed by atoms with Gasteiger partial charge in [-0.1, -0.05) is 11.6 Å². The van der Waals surface area contributed by atoms with Gasteiger partial charge in [0.05, 0.1) is 34.6 Å². The summed E-state index contributed by atoms with van der Waals surface area (Å²) in [6, 6.07) is 3.96. The molecule has 0 aliphatic rings. The molecule has 0 amide bonds. The highest BCUT2D eigenvalue weighted by Crippen LogP contribution is 2.32. The van der Waals surface area contributed by atoms with Crippen LogP contribution in [0, 0.1) is 11.3 Å². The summed E-state index contributed by atoms with van der Waals surface area (Å²) in [5, 5.41) is 22.7. The van der Waals surface area contributed by atoms with Crippen molar-refractivity contribution in [2.24, 2.45) is 0 Å². The van der Waals surface area contributed by atoms with Crippen molar-refractivity contribution >= 4 is 38.2 Å². The molecule has 0 saturated heterocycles. The molecular weight excluding hydrogens is 385 g/mol. The van der Waals surface area contributed by atoms with E-state index in [0.717, 1.165) is 17.1 Å². The number of nitrogens with one attached hydrogen (secondary N) is 2. The number of H-pyrrole nitrogens is 1. The summed E-state index contributed by atoms with van der Waals surface area (Å²) in [5.41, 5.74) is 0.845. The first kappa shape index (κ1) is 18.2. The number of alkyl halides is 1. The van der Waals surface area contributed by atoms with Crippen LogP contribution < -0.4 is 4.72 Å². The Morgan fingerprint density at radius 3 is 2.92 bits per heavy atom. The maximum absolute atomic E-state index is 12.8. The number of aliphatic hydroxyl groups excluding tert-OH is 1. The fourth-order valence-electron chi connectivity index (χ4n) is 2.45. The maximum atomic E-state index is 12.8. The largest absolute Gasteiger partial charge is 0.394 e. The number of hydrogen-bond acceptors (Lipinski definition) is 5. The highest BCUT2D eigenvalue weighted by atomic mass is 35.5. The van der Waals surface area contributed by atoms with E-state index in [1.165, 1.54) is 18.3 Å². The summed E-state index contributed by atoms with van der Waals surface area (Å²) in [5.74, 6) is 0. The summed E-state index contributed by atoms with van der Waals surface area (Å²) >= 11 is 6.09. The summed E-state index contributed by atoms with van der Waals surface area (Å²) in [7, 11) is -4.03. The first-order chi connectivity index (χ1) is 12.4. The molecular formula is C15H13ClFN5O3S. The summed E-state index contributed by atoms with van der Waals surface area (Å²) in [4.78, 5) is 2.63. The fraction of sp³-hybridized carbons (Fsp3) is 0.200. The molecule has 3 aromatic rings. The molecule has 0 aliphatic carbocycles. The molecule has 2 heterocycles. The number of nitriles is 1.